The van der Waals surface area contributed by atoms with Crippen LogP contribution in [0.4, 0.5) is 5.69 Å². The Kier molecular flexibility index (Phi) is 8.91. The van der Waals surface area contributed by atoms with E-state index in [1.54, 1.807) is 13.8 Å². The summed E-state index contributed by atoms with van der Waals surface area (Å²) < 4.78 is 4.82. The lowest BCUT2D eigenvalue weighted by Gasteiger charge is -2.34. The highest BCUT2D eigenvalue weighted by molar-refractivity contribution is 5.96. The van der Waals surface area contributed by atoms with E-state index in [0.29, 0.717) is 23.9 Å². The van der Waals surface area contributed by atoms with Crippen LogP contribution in [0.2, 0.25) is 0 Å². The SMILES string of the molecule is CCOC(=O)CNC(=O)c1nc(CC2CCN(c3ccc(-c4ccccc4)c(CO)c3)CC2)nc(C)c1O. The Bertz CT molecular complexity index is 1270. The molecule has 1 aromatic heterocycles. The summed E-state index contributed by atoms with van der Waals surface area (Å²) in [6.45, 7) is 4.91. The smallest absolute Gasteiger partial charge is 0.325 e. The Balaban J connectivity index is 1.39. The van der Waals surface area contributed by atoms with Gasteiger partial charge >= 0.3 is 5.97 Å². The minimum absolute atomic E-state index is 0.0260. The van der Waals surface area contributed by atoms with Crippen molar-refractivity contribution in [3.05, 3.63) is 71.3 Å². The van der Waals surface area contributed by atoms with E-state index in [-0.39, 0.29) is 31.2 Å². The predicted molar refractivity (Wildman–Crippen MR) is 144 cm³/mol. The van der Waals surface area contributed by atoms with Crippen LogP contribution >= 0.6 is 0 Å². The minimum Gasteiger partial charge on any atom is -0.504 e. The number of aliphatic hydroxyl groups excluding tert-OH is 1. The van der Waals surface area contributed by atoms with E-state index in [1.807, 2.05) is 30.3 Å². The van der Waals surface area contributed by atoms with Crippen LogP contribution in [-0.2, 0) is 22.6 Å². The number of benzene rings is 2. The van der Waals surface area contributed by atoms with Crippen LogP contribution in [0.3, 0.4) is 0 Å². The first-order valence-corrected chi connectivity index (χ1v) is 12.9. The molecule has 0 unspecified atom stereocenters. The Morgan fingerprint density at radius 1 is 1.11 bits per heavy atom. The summed E-state index contributed by atoms with van der Waals surface area (Å²) >= 11 is 0. The summed E-state index contributed by atoms with van der Waals surface area (Å²) in [4.78, 5) is 35.1. The molecule has 0 saturated carbocycles. The number of carbonyl (C=O) groups excluding carboxylic acids is 2. The van der Waals surface area contributed by atoms with Crippen LogP contribution in [0.1, 0.15) is 47.3 Å². The molecule has 1 saturated heterocycles. The van der Waals surface area contributed by atoms with Gasteiger partial charge in [-0.05, 0) is 61.4 Å². The van der Waals surface area contributed by atoms with Crippen LogP contribution in [0, 0.1) is 12.8 Å². The lowest BCUT2D eigenvalue weighted by atomic mass is 9.92. The van der Waals surface area contributed by atoms with Gasteiger partial charge in [0.1, 0.15) is 12.4 Å². The average Bonchev–Trinajstić information content (AvgIpc) is 2.94. The van der Waals surface area contributed by atoms with Crippen LogP contribution in [0.15, 0.2) is 48.5 Å². The fraction of sp³-hybridized carbons (Fsp3) is 0.379. The fourth-order valence-corrected chi connectivity index (χ4v) is 4.78. The average molecular weight is 519 g/mol. The van der Waals surface area contributed by atoms with Crippen molar-refractivity contribution in [3.8, 4) is 16.9 Å². The standard InChI is InChI=1S/C29H34N4O5/c1-3-38-26(35)17-30-29(37)27-28(36)19(2)31-25(32-27)15-20-11-13-33(14-12-20)23-9-10-24(22(16-23)18-34)21-7-5-4-6-8-21/h4-10,16,20,34,36H,3,11-15,17-18H2,1-2H3,(H,30,37). The highest BCUT2D eigenvalue weighted by Gasteiger charge is 2.24. The number of nitrogens with zero attached hydrogens (tertiary/aromatic N) is 3. The number of hydrogen-bond donors (Lipinski definition) is 3. The van der Waals surface area contributed by atoms with Gasteiger partial charge in [0.25, 0.3) is 5.91 Å². The van der Waals surface area contributed by atoms with Crippen molar-refractivity contribution in [2.75, 3.05) is 31.1 Å². The second-order valence-corrected chi connectivity index (χ2v) is 9.41. The van der Waals surface area contributed by atoms with Crippen LogP contribution in [0.5, 0.6) is 5.75 Å². The molecule has 38 heavy (non-hydrogen) atoms. The molecule has 0 radical (unpaired) electrons. The Labute approximate surface area is 222 Å². The number of piperidine rings is 1. The molecule has 1 aliphatic heterocycles. The van der Waals surface area contributed by atoms with Crippen LogP contribution in [0.25, 0.3) is 11.1 Å². The maximum atomic E-state index is 12.5. The number of aryl methyl sites for hydroxylation is 1. The first-order chi connectivity index (χ1) is 18.4. The molecule has 9 nitrogen and oxygen atoms in total. The number of anilines is 1. The van der Waals surface area contributed by atoms with Crippen LogP contribution in [-0.4, -0.2) is 58.3 Å². The van der Waals surface area contributed by atoms with Gasteiger partial charge in [-0.1, -0.05) is 36.4 Å². The molecule has 0 spiro atoms. The molecular formula is C29H34N4O5. The largest absolute Gasteiger partial charge is 0.504 e. The van der Waals surface area contributed by atoms with Crippen molar-refractivity contribution >= 4 is 17.6 Å². The number of aliphatic hydroxyl groups is 1. The third-order valence-electron chi connectivity index (χ3n) is 6.81. The van der Waals surface area contributed by atoms with Gasteiger partial charge < -0.3 is 25.2 Å². The maximum Gasteiger partial charge on any atom is 0.325 e. The number of carbonyl (C=O) groups is 2. The van der Waals surface area contributed by atoms with Gasteiger partial charge in [0, 0.05) is 25.2 Å². The summed E-state index contributed by atoms with van der Waals surface area (Å²) in [5.41, 5.74) is 4.30. The molecule has 0 aliphatic carbocycles. The van der Waals surface area contributed by atoms with Crippen molar-refractivity contribution in [3.63, 3.8) is 0 Å². The second kappa shape index (κ2) is 12.5. The number of rotatable bonds is 9. The monoisotopic (exact) mass is 518 g/mol. The van der Waals surface area contributed by atoms with Gasteiger partial charge in [0.05, 0.1) is 18.9 Å². The number of nitrogens with one attached hydrogen (secondary N) is 1. The van der Waals surface area contributed by atoms with E-state index < -0.39 is 11.9 Å². The Morgan fingerprint density at radius 2 is 1.84 bits per heavy atom. The molecule has 3 aromatic rings. The van der Waals surface area contributed by atoms with Gasteiger partial charge in [0.2, 0.25) is 0 Å². The zero-order valence-corrected chi connectivity index (χ0v) is 21.8. The predicted octanol–water partition coefficient (Wildman–Crippen LogP) is 3.40. The lowest BCUT2D eigenvalue weighted by Crippen LogP contribution is -2.35. The van der Waals surface area contributed by atoms with Gasteiger partial charge in [-0.15, -0.1) is 0 Å². The normalized spacial score (nSPS) is 13.8. The van der Waals surface area contributed by atoms with E-state index in [0.717, 1.165) is 48.3 Å². The fourth-order valence-electron chi connectivity index (χ4n) is 4.78. The van der Waals surface area contributed by atoms with Crippen LogP contribution < -0.4 is 10.2 Å². The summed E-state index contributed by atoms with van der Waals surface area (Å²) in [7, 11) is 0. The Hall–Kier alpha value is -3.98. The zero-order valence-electron chi connectivity index (χ0n) is 21.8. The molecule has 4 rings (SSSR count). The third kappa shape index (κ3) is 6.47. The number of hydrogen-bond acceptors (Lipinski definition) is 8. The lowest BCUT2D eigenvalue weighted by molar-refractivity contribution is -0.141. The third-order valence-corrected chi connectivity index (χ3v) is 6.81. The number of aromatic nitrogens is 2. The molecular weight excluding hydrogens is 484 g/mol. The van der Waals surface area contributed by atoms with Crippen molar-refractivity contribution < 1.29 is 24.5 Å². The minimum atomic E-state index is -0.643. The highest BCUT2D eigenvalue weighted by Crippen LogP contribution is 2.31. The molecule has 0 atom stereocenters. The molecule has 9 heteroatoms. The molecule has 0 bridgehead atoms. The second-order valence-electron chi connectivity index (χ2n) is 9.41. The van der Waals surface area contributed by atoms with Gasteiger partial charge in [-0.2, -0.15) is 0 Å². The summed E-state index contributed by atoms with van der Waals surface area (Å²) in [5, 5.41) is 22.8. The van der Waals surface area contributed by atoms with E-state index in [1.165, 1.54) is 0 Å². The first-order valence-electron chi connectivity index (χ1n) is 12.9. The van der Waals surface area contributed by atoms with Crippen molar-refractivity contribution in [2.45, 2.75) is 39.7 Å². The van der Waals surface area contributed by atoms with Crippen molar-refractivity contribution in [1.82, 2.24) is 15.3 Å². The van der Waals surface area contributed by atoms with Gasteiger partial charge in [-0.25, -0.2) is 9.97 Å². The summed E-state index contributed by atoms with van der Waals surface area (Å²) in [5.74, 6) is -0.667. The van der Waals surface area contributed by atoms with E-state index in [4.69, 9.17) is 4.74 Å². The van der Waals surface area contributed by atoms with E-state index >= 15 is 0 Å². The summed E-state index contributed by atoms with van der Waals surface area (Å²) in [6, 6.07) is 16.3. The topological polar surface area (TPSA) is 125 Å². The van der Waals surface area contributed by atoms with E-state index in [2.05, 4.69) is 38.4 Å². The van der Waals surface area contributed by atoms with E-state index in [9.17, 15) is 19.8 Å². The molecule has 200 valence electrons. The zero-order chi connectivity index (χ0) is 27.1. The molecule has 1 aliphatic rings. The number of aromatic hydroxyl groups is 1. The summed E-state index contributed by atoms with van der Waals surface area (Å²) in [6.07, 6.45) is 2.42. The molecule has 2 aromatic carbocycles. The number of ether oxygens (including phenoxy) is 1. The first kappa shape index (κ1) is 27.1. The Morgan fingerprint density at radius 3 is 2.53 bits per heavy atom. The molecule has 2 heterocycles. The number of amides is 1. The van der Waals surface area contributed by atoms with Gasteiger partial charge in [-0.3, -0.25) is 9.59 Å². The van der Waals surface area contributed by atoms with Crippen molar-refractivity contribution in [2.24, 2.45) is 5.92 Å². The maximum absolute atomic E-state index is 12.5. The van der Waals surface area contributed by atoms with Crippen molar-refractivity contribution in [1.29, 1.82) is 0 Å². The number of esters is 1. The quantitative estimate of drug-likeness (QED) is 0.368. The molecule has 1 fully saturated rings. The van der Waals surface area contributed by atoms with Gasteiger partial charge in [0.15, 0.2) is 11.4 Å². The highest BCUT2D eigenvalue weighted by atomic mass is 16.5. The molecule has 1 amide bonds. The molecule has 3 N–H and O–H groups in total.